The molecule has 0 aliphatic carbocycles. The van der Waals surface area contributed by atoms with Crippen LogP contribution in [0, 0.1) is 5.92 Å². The quantitative estimate of drug-likeness (QED) is 0.599. The van der Waals surface area contributed by atoms with Crippen LogP contribution in [-0.2, 0) is 22.7 Å². The molecular formula is C22H25N3O2. The molecule has 5 heteroatoms. The van der Waals surface area contributed by atoms with E-state index in [1.54, 1.807) is 12.2 Å². The van der Waals surface area contributed by atoms with Gasteiger partial charge in [0, 0.05) is 19.6 Å². The molecule has 0 saturated heterocycles. The molecule has 140 valence electrons. The Balaban J connectivity index is 1.86. The zero-order valence-corrected chi connectivity index (χ0v) is 15.3. The molecule has 27 heavy (non-hydrogen) atoms. The summed E-state index contributed by atoms with van der Waals surface area (Å²) in [4.78, 5) is 24.7. The zero-order valence-electron chi connectivity index (χ0n) is 15.3. The highest BCUT2D eigenvalue weighted by molar-refractivity contribution is 6.00. The topological polar surface area (TPSA) is 84.2 Å². The second kappa shape index (κ2) is 10.1. The summed E-state index contributed by atoms with van der Waals surface area (Å²) < 4.78 is 0. The van der Waals surface area contributed by atoms with Gasteiger partial charge in [0.05, 0.1) is 0 Å². The molecule has 0 fully saturated rings. The largest absolute Gasteiger partial charge is 0.351 e. The molecule has 0 aliphatic heterocycles. The van der Waals surface area contributed by atoms with Gasteiger partial charge in [0.15, 0.2) is 0 Å². The average Bonchev–Trinajstić information content (AvgIpc) is 2.72. The lowest BCUT2D eigenvalue weighted by atomic mass is 10.1. The van der Waals surface area contributed by atoms with Gasteiger partial charge in [-0.1, -0.05) is 73.8 Å². The minimum Gasteiger partial charge on any atom is -0.351 e. The summed E-state index contributed by atoms with van der Waals surface area (Å²) in [5.41, 5.74) is 9.53. The highest BCUT2D eigenvalue weighted by Crippen LogP contribution is 2.07. The maximum Gasteiger partial charge on any atom is 0.234 e. The lowest BCUT2D eigenvalue weighted by Crippen LogP contribution is -2.44. The number of amides is 2. The molecule has 0 aliphatic rings. The van der Waals surface area contributed by atoms with Crippen molar-refractivity contribution in [2.75, 3.05) is 6.54 Å². The van der Waals surface area contributed by atoms with E-state index in [-0.39, 0.29) is 18.4 Å². The number of carbonyl (C=O) groups is 2. The molecule has 2 aromatic rings. The third-order valence-corrected chi connectivity index (χ3v) is 4.23. The van der Waals surface area contributed by atoms with Crippen LogP contribution >= 0.6 is 0 Å². The van der Waals surface area contributed by atoms with E-state index in [2.05, 4.69) is 23.8 Å². The molecule has 0 spiro atoms. The monoisotopic (exact) mass is 363 g/mol. The fourth-order valence-corrected chi connectivity index (χ4v) is 2.50. The van der Waals surface area contributed by atoms with Crippen LogP contribution in [0.1, 0.15) is 22.3 Å². The molecule has 0 unspecified atom stereocenters. The molecule has 0 bridgehead atoms. The van der Waals surface area contributed by atoms with Crippen molar-refractivity contribution in [3.63, 3.8) is 0 Å². The number of carbonyl (C=O) groups excluding carboxylic acids is 2. The van der Waals surface area contributed by atoms with E-state index in [1.807, 2.05) is 48.5 Å². The minimum absolute atomic E-state index is 0.0531. The van der Waals surface area contributed by atoms with Crippen LogP contribution in [0.2, 0.25) is 0 Å². The Morgan fingerprint density at radius 3 is 1.48 bits per heavy atom. The van der Waals surface area contributed by atoms with Crippen molar-refractivity contribution < 1.29 is 9.59 Å². The van der Waals surface area contributed by atoms with E-state index < -0.39 is 5.92 Å². The van der Waals surface area contributed by atoms with Gasteiger partial charge in [-0.3, -0.25) is 9.59 Å². The average molecular weight is 363 g/mol. The second-order valence-corrected chi connectivity index (χ2v) is 6.12. The smallest absolute Gasteiger partial charge is 0.234 e. The summed E-state index contributed by atoms with van der Waals surface area (Å²) in [6, 6.07) is 15.3. The number of hydrogen-bond donors (Lipinski definition) is 3. The molecule has 0 aromatic heterocycles. The number of hydrogen-bond acceptors (Lipinski definition) is 3. The van der Waals surface area contributed by atoms with Gasteiger partial charge in [-0.25, -0.2) is 0 Å². The number of rotatable bonds is 9. The minimum atomic E-state index is -0.926. The van der Waals surface area contributed by atoms with Gasteiger partial charge in [0.1, 0.15) is 5.92 Å². The van der Waals surface area contributed by atoms with E-state index in [1.165, 1.54) is 0 Å². The van der Waals surface area contributed by atoms with Gasteiger partial charge in [-0.2, -0.15) is 0 Å². The molecule has 0 atom stereocenters. The van der Waals surface area contributed by atoms with Crippen LogP contribution in [0.15, 0.2) is 61.7 Å². The Labute approximate surface area is 160 Å². The Kier molecular flexibility index (Phi) is 7.52. The maximum absolute atomic E-state index is 12.3. The fourth-order valence-electron chi connectivity index (χ4n) is 2.50. The zero-order chi connectivity index (χ0) is 19.6. The highest BCUT2D eigenvalue weighted by atomic mass is 16.2. The molecule has 0 heterocycles. The first-order chi connectivity index (χ1) is 13.1. The molecule has 4 N–H and O–H groups in total. The summed E-state index contributed by atoms with van der Waals surface area (Å²) in [6.07, 6.45) is 3.50. The Morgan fingerprint density at radius 1 is 0.815 bits per heavy atom. The van der Waals surface area contributed by atoms with Crippen molar-refractivity contribution in [3.8, 4) is 0 Å². The van der Waals surface area contributed by atoms with Gasteiger partial charge < -0.3 is 16.4 Å². The van der Waals surface area contributed by atoms with E-state index in [0.717, 1.165) is 22.3 Å². The van der Waals surface area contributed by atoms with Crippen LogP contribution in [0.25, 0.3) is 12.2 Å². The highest BCUT2D eigenvalue weighted by Gasteiger charge is 2.24. The molecule has 2 amide bonds. The lowest BCUT2D eigenvalue weighted by molar-refractivity contribution is -0.135. The van der Waals surface area contributed by atoms with Gasteiger partial charge >= 0.3 is 0 Å². The van der Waals surface area contributed by atoms with Crippen LogP contribution in [0.5, 0.6) is 0 Å². The molecular weight excluding hydrogens is 338 g/mol. The van der Waals surface area contributed by atoms with Crippen molar-refractivity contribution in [3.05, 3.63) is 83.9 Å². The van der Waals surface area contributed by atoms with Gasteiger partial charge in [-0.15, -0.1) is 0 Å². The summed E-state index contributed by atoms with van der Waals surface area (Å²) in [5.74, 6) is -1.69. The third-order valence-electron chi connectivity index (χ3n) is 4.23. The van der Waals surface area contributed by atoms with Gasteiger partial charge in [0.25, 0.3) is 0 Å². The summed E-state index contributed by atoms with van der Waals surface area (Å²) in [5, 5.41) is 5.53. The van der Waals surface area contributed by atoms with E-state index in [4.69, 9.17) is 5.73 Å². The number of nitrogens with one attached hydrogen (secondary N) is 2. The standard InChI is InChI=1S/C22H25N3O2/c1-3-16-5-9-18(10-6-16)14-24-21(26)20(13-23)22(27)25-15-19-11-7-17(4-2)8-12-19/h3-12,20H,1-2,13-15,23H2,(H,24,26)(H,25,27). The molecule has 2 aromatic carbocycles. The lowest BCUT2D eigenvalue weighted by Gasteiger charge is -2.15. The Bertz CT molecular complexity index is 728. The van der Waals surface area contributed by atoms with Crippen molar-refractivity contribution in [1.29, 1.82) is 0 Å². The van der Waals surface area contributed by atoms with E-state index >= 15 is 0 Å². The number of benzene rings is 2. The third kappa shape index (κ3) is 5.94. The molecule has 2 rings (SSSR count). The molecule has 0 saturated carbocycles. The second-order valence-electron chi connectivity index (χ2n) is 6.12. The van der Waals surface area contributed by atoms with Crippen molar-refractivity contribution in [1.82, 2.24) is 10.6 Å². The van der Waals surface area contributed by atoms with Crippen LogP contribution < -0.4 is 16.4 Å². The Hall–Kier alpha value is -3.18. The SMILES string of the molecule is C=Cc1ccc(CNC(=O)C(CN)C(=O)NCc2ccc(C=C)cc2)cc1. The maximum atomic E-state index is 12.3. The number of nitrogens with two attached hydrogens (primary N) is 1. The van der Waals surface area contributed by atoms with Gasteiger partial charge in [0.2, 0.25) is 11.8 Å². The van der Waals surface area contributed by atoms with Crippen molar-refractivity contribution in [2.45, 2.75) is 13.1 Å². The van der Waals surface area contributed by atoms with Gasteiger partial charge in [-0.05, 0) is 22.3 Å². The molecule has 0 radical (unpaired) electrons. The summed E-state index contributed by atoms with van der Waals surface area (Å²) in [7, 11) is 0. The fraction of sp³-hybridized carbons (Fsp3) is 0.182. The molecule has 5 nitrogen and oxygen atoms in total. The predicted molar refractivity (Wildman–Crippen MR) is 109 cm³/mol. The first-order valence-corrected chi connectivity index (χ1v) is 8.75. The van der Waals surface area contributed by atoms with Crippen LogP contribution in [-0.4, -0.2) is 18.4 Å². The first-order valence-electron chi connectivity index (χ1n) is 8.75. The predicted octanol–water partition coefficient (Wildman–Crippen LogP) is 2.48. The Morgan fingerprint density at radius 2 is 1.19 bits per heavy atom. The van der Waals surface area contributed by atoms with Crippen molar-refractivity contribution in [2.24, 2.45) is 11.7 Å². The van der Waals surface area contributed by atoms with E-state index in [9.17, 15) is 9.59 Å². The summed E-state index contributed by atoms with van der Waals surface area (Å²) >= 11 is 0. The van der Waals surface area contributed by atoms with E-state index in [0.29, 0.717) is 13.1 Å². The van der Waals surface area contributed by atoms with Crippen LogP contribution in [0.3, 0.4) is 0 Å². The van der Waals surface area contributed by atoms with Crippen LogP contribution in [0.4, 0.5) is 0 Å². The normalized spacial score (nSPS) is 10.3. The van der Waals surface area contributed by atoms with Crippen molar-refractivity contribution >= 4 is 24.0 Å². The first kappa shape index (κ1) is 20.1. The summed E-state index contributed by atoms with van der Waals surface area (Å²) in [6.45, 7) is 8.03.